The van der Waals surface area contributed by atoms with E-state index in [2.05, 4.69) is 36.1 Å². The summed E-state index contributed by atoms with van der Waals surface area (Å²) in [7, 11) is 0.880. The molecule has 0 heterocycles. The van der Waals surface area contributed by atoms with Crippen LogP contribution in [0.4, 0.5) is 0 Å². The highest BCUT2D eigenvalue weighted by molar-refractivity contribution is 9.23. The number of rotatable bonds is 0. The molecule has 0 bridgehead atoms. The lowest BCUT2D eigenvalue weighted by atomic mass is 10.3. The highest BCUT2D eigenvalue weighted by Crippen LogP contribution is 2.21. The Morgan fingerprint density at radius 1 is 1.33 bits per heavy atom. The van der Waals surface area contributed by atoms with E-state index in [1.807, 2.05) is 0 Å². The van der Waals surface area contributed by atoms with Gasteiger partial charge in [-0.25, -0.2) is 0 Å². The molecule has 0 aliphatic heterocycles. The van der Waals surface area contributed by atoms with Gasteiger partial charge in [-0.3, -0.25) is 0 Å². The first-order valence-corrected chi connectivity index (χ1v) is 5.20. The van der Waals surface area contributed by atoms with Gasteiger partial charge in [0.1, 0.15) is 8.14 Å². The maximum atomic E-state index is 3.40. The van der Waals surface area contributed by atoms with Gasteiger partial charge in [0, 0.05) is 0 Å². The summed E-state index contributed by atoms with van der Waals surface area (Å²) in [6.07, 6.45) is 0. The minimum atomic E-state index is 0.486. The highest BCUT2D eigenvalue weighted by Gasteiger charge is 2.06. The van der Waals surface area contributed by atoms with Crippen LogP contribution >= 0.6 is 15.3 Å². The Morgan fingerprint density at radius 3 is 1.50 bits per heavy atom. The molecule has 0 fully saturated rings. The van der Waals surface area contributed by atoms with Crippen LogP contribution in [0.25, 0.3) is 0 Å². The van der Waals surface area contributed by atoms with E-state index in [1.54, 1.807) is 0 Å². The van der Waals surface area contributed by atoms with Crippen molar-refractivity contribution in [3.63, 3.8) is 0 Å². The van der Waals surface area contributed by atoms with Crippen molar-refractivity contribution in [1.29, 1.82) is 0 Å². The molecule has 0 aliphatic rings. The minimum absolute atomic E-state index is 0.486. The molecule has 0 amide bonds. The number of halogens is 1. The minimum Gasteiger partial charge on any atom is -0.131 e. The molecule has 0 saturated heterocycles. The molecule has 0 aliphatic carbocycles. The lowest BCUT2D eigenvalue weighted by Crippen LogP contribution is -1.99. The summed E-state index contributed by atoms with van der Waals surface area (Å²) in [5.74, 6) is 0. The molecule has 0 aromatic heterocycles. The van der Waals surface area contributed by atoms with Crippen molar-refractivity contribution in [2.24, 2.45) is 0 Å². The Bertz CT molecular complexity index is 37.3. The van der Waals surface area contributed by atoms with E-state index in [0.29, 0.717) is 5.04 Å². The predicted molar refractivity (Wildman–Crippen MR) is 34.4 cm³/mol. The van der Waals surface area contributed by atoms with E-state index in [9.17, 15) is 0 Å². The predicted octanol–water partition coefficient (Wildman–Crippen LogP) is 2.22. The summed E-state index contributed by atoms with van der Waals surface area (Å²) in [6, 6.07) is 0. The van der Waals surface area contributed by atoms with Gasteiger partial charge in [0.25, 0.3) is 0 Å². The molecule has 2 radical (unpaired) electrons. The topological polar surface area (TPSA) is 0 Å². The second-order valence-electron chi connectivity index (χ2n) is 2.34. The van der Waals surface area contributed by atoms with Gasteiger partial charge >= 0.3 is 0 Å². The van der Waals surface area contributed by atoms with E-state index in [0.717, 1.165) is 8.14 Å². The maximum absolute atomic E-state index is 3.40. The summed E-state index contributed by atoms with van der Waals surface area (Å²) >= 11 is 3.40. The molecule has 0 spiro atoms. The fourth-order valence-electron chi connectivity index (χ4n) is 0. The van der Waals surface area contributed by atoms with Crippen LogP contribution in [0.3, 0.4) is 0 Å². The average molecular weight is 165 g/mol. The fourth-order valence-corrected chi connectivity index (χ4v) is 0. The fraction of sp³-hybridized carbons (Fsp3) is 1.00. The van der Waals surface area contributed by atoms with E-state index in [1.165, 1.54) is 0 Å². The van der Waals surface area contributed by atoms with Gasteiger partial charge < -0.3 is 0 Å². The molecule has 36 valence electrons. The van der Waals surface area contributed by atoms with Gasteiger partial charge in [-0.15, -0.1) is 15.3 Å². The van der Waals surface area contributed by atoms with Crippen LogP contribution in [-0.4, -0.2) is 8.14 Å². The van der Waals surface area contributed by atoms with E-state index < -0.39 is 0 Å². The maximum Gasteiger partial charge on any atom is 0.143 e. The number of hydrogen-bond donors (Lipinski definition) is 0. The molecule has 2 heteroatoms. The van der Waals surface area contributed by atoms with Gasteiger partial charge in [-0.05, 0) is 5.04 Å². The zero-order valence-electron chi connectivity index (χ0n) is 4.38. The molecule has 0 rings (SSSR count). The molecule has 0 aromatic rings. The van der Waals surface area contributed by atoms with Gasteiger partial charge in [-0.2, -0.15) is 0 Å². The molecule has 0 aromatic carbocycles. The smallest absolute Gasteiger partial charge is 0.131 e. The van der Waals surface area contributed by atoms with Gasteiger partial charge in [-0.1, -0.05) is 20.8 Å². The average Bonchev–Trinajstić information content (AvgIpc) is 1.35. The Labute approximate surface area is 49.7 Å². The van der Waals surface area contributed by atoms with Crippen LogP contribution in [0.5, 0.6) is 0 Å². The normalized spacial score (nSPS) is 12.0. The quantitative estimate of drug-likeness (QED) is 0.381. The molecule has 0 unspecified atom stereocenters. The highest BCUT2D eigenvalue weighted by atomic mass is 79.9. The van der Waals surface area contributed by atoms with E-state index >= 15 is 0 Å². The summed E-state index contributed by atoms with van der Waals surface area (Å²) in [5, 5.41) is 0.486. The van der Waals surface area contributed by atoms with Crippen LogP contribution in [0.1, 0.15) is 20.8 Å². The lowest BCUT2D eigenvalue weighted by Gasteiger charge is -2.09. The van der Waals surface area contributed by atoms with Crippen molar-refractivity contribution in [3.05, 3.63) is 0 Å². The second-order valence-corrected chi connectivity index (χ2v) is 5.22. The second kappa shape index (κ2) is 2.12. The molecule has 6 heavy (non-hydrogen) atoms. The zero-order chi connectivity index (χ0) is 5.21. The molecule has 0 atom stereocenters. The Hall–Kier alpha value is 0.697. The van der Waals surface area contributed by atoms with E-state index in [-0.39, 0.29) is 0 Å². The first-order chi connectivity index (χ1) is 2.56. The zero-order valence-corrected chi connectivity index (χ0v) is 6.96. The number of hydrogen-bond acceptors (Lipinski definition) is 0. The molecule has 0 N–H and O–H groups in total. The summed E-state index contributed by atoms with van der Waals surface area (Å²) < 4.78 is 0. The van der Waals surface area contributed by atoms with Crippen LogP contribution in [0, 0.1) is 0 Å². The SMILES string of the molecule is CC(C)(C)[Si]Br. The third-order valence-corrected chi connectivity index (χ3v) is 4.42. The van der Waals surface area contributed by atoms with Crippen LogP contribution in [0.15, 0.2) is 0 Å². The standard InChI is InChI=1S/C4H9BrSi/c1-4(2,3)6-5/h1-3H3. The molecular formula is C4H9BrSi. The Balaban J connectivity index is 3.17. The van der Waals surface area contributed by atoms with Gasteiger partial charge in [0.2, 0.25) is 0 Å². The van der Waals surface area contributed by atoms with Gasteiger partial charge in [0.05, 0.1) is 0 Å². The lowest BCUT2D eigenvalue weighted by molar-refractivity contribution is 0.765. The Morgan fingerprint density at radius 2 is 1.50 bits per heavy atom. The molecule has 0 saturated carbocycles. The first-order valence-electron chi connectivity index (χ1n) is 1.94. The van der Waals surface area contributed by atoms with Crippen molar-refractivity contribution >= 4 is 23.4 Å². The van der Waals surface area contributed by atoms with E-state index in [4.69, 9.17) is 0 Å². The van der Waals surface area contributed by atoms with Crippen LogP contribution < -0.4 is 0 Å². The van der Waals surface area contributed by atoms with Crippen molar-refractivity contribution in [1.82, 2.24) is 0 Å². The Kier molecular flexibility index (Phi) is 2.37. The van der Waals surface area contributed by atoms with Crippen molar-refractivity contribution in [2.45, 2.75) is 25.8 Å². The monoisotopic (exact) mass is 164 g/mol. The third kappa shape index (κ3) is 4.70. The molecule has 0 nitrogen and oxygen atoms in total. The van der Waals surface area contributed by atoms with Gasteiger partial charge in [0.15, 0.2) is 0 Å². The third-order valence-electron chi connectivity index (χ3n) is 0.283. The largest absolute Gasteiger partial charge is 0.143 e. The summed E-state index contributed by atoms with van der Waals surface area (Å²) in [6.45, 7) is 6.63. The van der Waals surface area contributed by atoms with Crippen LogP contribution in [-0.2, 0) is 0 Å². The van der Waals surface area contributed by atoms with Crippen molar-refractivity contribution in [3.8, 4) is 0 Å². The first kappa shape index (κ1) is 6.70. The van der Waals surface area contributed by atoms with Crippen LogP contribution in [0.2, 0.25) is 5.04 Å². The summed E-state index contributed by atoms with van der Waals surface area (Å²) in [5.41, 5.74) is 0. The summed E-state index contributed by atoms with van der Waals surface area (Å²) in [4.78, 5) is 0. The van der Waals surface area contributed by atoms with Crippen molar-refractivity contribution in [2.75, 3.05) is 0 Å². The molecular weight excluding hydrogens is 156 g/mol. The van der Waals surface area contributed by atoms with Crippen molar-refractivity contribution < 1.29 is 0 Å².